The number of carbonyl (C=O) groups excluding carboxylic acids is 1. The van der Waals surface area contributed by atoms with E-state index in [9.17, 15) is 9.59 Å². The van der Waals surface area contributed by atoms with Crippen LogP contribution in [-0.2, 0) is 9.53 Å². The van der Waals surface area contributed by atoms with Crippen LogP contribution in [-0.4, -0.2) is 30.0 Å². The van der Waals surface area contributed by atoms with Gasteiger partial charge in [-0.05, 0) is 61.6 Å². The van der Waals surface area contributed by atoms with Crippen LogP contribution < -0.4 is 19.6 Å². The van der Waals surface area contributed by atoms with E-state index in [1.54, 1.807) is 23.3 Å². The van der Waals surface area contributed by atoms with Crippen LogP contribution in [0, 0.1) is 0 Å². The first kappa shape index (κ1) is 26.7. The van der Waals surface area contributed by atoms with Gasteiger partial charge in [0.15, 0.2) is 4.80 Å². The summed E-state index contributed by atoms with van der Waals surface area (Å²) in [5.74, 6) is 0.250. The number of hydrogen-bond acceptors (Lipinski definition) is 7. The van der Waals surface area contributed by atoms with Gasteiger partial charge in [-0.2, -0.15) is 0 Å². The van der Waals surface area contributed by atoms with Crippen molar-refractivity contribution in [3.05, 3.63) is 121 Å². The number of rotatable bonds is 8. The monoisotopic (exact) mass is 556 g/mol. The number of carbonyl (C=O) groups is 1. The maximum Gasteiger partial charge on any atom is 0.338 e. The lowest BCUT2D eigenvalue weighted by molar-refractivity contribution is -0.138. The Bertz CT molecular complexity index is 1700. The van der Waals surface area contributed by atoms with Crippen LogP contribution in [0.5, 0.6) is 5.75 Å². The first-order valence-corrected chi connectivity index (χ1v) is 14.7. The highest BCUT2D eigenvalue weighted by Crippen LogP contribution is 2.35. The van der Waals surface area contributed by atoms with Crippen LogP contribution in [0.25, 0.3) is 11.8 Å². The standard InChI is InChI=1S/C31H28N2O4S2/c1-4-36-23-13-9-10-20(18-23)19-25-29(34)33-28(22-14-16-24(38-3)17-15-22)26(30(35)37-5-2)27(32-31(33)39-25)21-11-7-6-8-12-21/h6-19,28H,4-5H2,1-3H3. The molecule has 6 nitrogen and oxygen atoms in total. The molecule has 0 spiro atoms. The third-order valence-corrected chi connectivity index (χ3v) is 8.00. The Morgan fingerprint density at radius 3 is 2.49 bits per heavy atom. The number of thiazole rings is 1. The summed E-state index contributed by atoms with van der Waals surface area (Å²) >= 11 is 2.94. The Hall–Kier alpha value is -3.88. The van der Waals surface area contributed by atoms with Crippen molar-refractivity contribution in [1.82, 2.24) is 4.57 Å². The second-order valence-corrected chi connectivity index (χ2v) is 10.6. The Kier molecular flexibility index (Phi) is 8.14. The van der Waals surface area contributed by atoms with Crippen molar-refractivity contribution in [1.29, 1.82) is 0 Å². The summed E-state index contributed by atoms with van der Waals surface area (Å²) in [6.07, 6.45) is 3.85. The second-order valence-electron chi connectivity index (χ2n) is 8.71. The molecule has 1 aliphatic rings. The lowest BCUT2D eigenvalue weighted by Crippen LogP contribution is -2.40. The molecule has 0 amide bonds. The van der Waals surface area contributed by atoms with Gasteiger partial charge >= 0.3 is 5.97 Å². The molecular formula is C31H28N2O4S2. The molecule has 1 aromatic heterocycles. The number of aromatic nitrogens is 1. The number of fused-ring (bicyclic) bond motifs is 1. The Labute approximate surface area is 235 Å². The van der Waals surface area contributed by atoms with E-state index in [0.717, 1.165) is 27.3 Å². The molecule has 2 heterocycles. The molecule has 0 N–H and O–H groups in total. The topological polar surface area (TPSA) is 69.9 Å². The molecule has 8 heteroatoms. The van der Waals surface area contributed by atoms with Crippen molar-refractivity contribution in [2.45, 2.75) is 24.8 Å². The van der Waals surface area contributed by atoms with Crippen LogP contribution in [0.3, 0.4) is 0 Å². The van der Waals surface area contributed by atoms with E-state index in [4.69, 9.17) is 14.5 Å². The van der Waals surface area contributed by atoms with Crippen molar-refractivity contribution in [2.75, 3.05) is 19.5 Å². The molecule has 0 radical (unpaired) electrons. The summed E-state index contributed by atoms with van der Waals surface area (Å²) in [5.41, 5.74) is 3.09. The molecule has 0 fully saturated rings. The molecule has 0 aliphatic carbocycles. The maximum absolute atomic E-state index is 14.0. The number of nitrogens with zero attached hydrogens (tertiary/aromatic N) is 2. The molecule has 4 aromatic rings. The first-order chi connectivity index (χ1) is 19.0. The third-order valence-electron chi connectivity index (χ3n) is 6.27. The average molecular weight is 557 g/mol. The fraction of sp³-hybridized carbons (Fsp3) is 0.194. The number of ether oxygens (including phenoxy) is 2. The van der Waals surface area contributed by atoms with Gasteiger partial charge in [0, 0.05) is 10.5 Å². The van der Waals surface area contributed by atoms with E-state index in [-0.39, 0.29) is 12.2 Å². The number of esters is 1. The molecular weight excluding hydrogens is 528 g/mol. The van der Waals surface area contributed by atoms with Crippen LogP contribution in [0.4, 0.5) is 0 Å². The van der Waals surface area contributed by atoms with E-state index < -0.39 is 12.0 Å². The minimum atomic E-state index is -0.691. The summed E-state index contributed by atoms with van der Waals surface area (Å²) in [4.78, 5) is 34.0. The Balaban J connectivity index is 1.78. The van der Waals surface area contributed by atoms with Gasteiger partial charge in [-0.3, -0.25) is 9.36 Å². The predicted molar refractivity (Wildman–Crippen MR) is 157 cm³/mol. The van der Waals surface area contributed by atoms with Crippen molar-refractivity contribution in [3.8, 4) is 5.75 Å². The summed E-state index contributed by atoms with van der Waals surface area (Å²) < 4.78 is 13.3. The highest BCUT2D eigenvalue weighted by molar-refractivity contribution is 7.98. The SMILES string of the molecule is CCOC(=O)C1=C(c2ccccc2)N=c2sc(=Cc3cccc(OCC)c3)c(=O)n2C1c1ccc(SC)cc1. The molecule has 1 atom stereocenters. The lowest BCUT2D eigenvalue weighted by atomic mass is 9.93. The molecule has 3 aromatic carbocycles. The fourth-order valence-electron chi connectivity index (χ4n) is 4.55. The zero-order chi connectivity index (χ0) is 27.4. The van der Waals surface area contributed by atoms with Crippen LogP contribution in [0.15, 0.2) is 99.1 Å². The minimum Gasteiger partial charge on any atom is -0.494 e. The zero-order valence-electron chi connectivity index (χ0n) is 21.9. The second kappa shape index (κ2) is 11.9. The summed E-state index contributed by atoms with van der Waals surface area (Å²) in [7, 11) is 0. The lowest BCUT2D eigenvalue weighted by Gasteiger charge is -2.26. The minimum absolute atomic E-state index is 0.211. The van der Waals surface area contributed by atoms with Crippen molar-refractivity contribution in [3.63, 3.8) is 0 Å². The van der Waals surface area contributed by atoms with E-state index in [1.165, 1.54) is 11.3 Å². The van der Waals surface area contributed by atoms with Gasteiger partial charge in [0.05, 0.1) is 35.1 Å². The molecule has 1 unspecified atom stereocenters. The van der Waals surface area contributed by atoms with Gasteiger partial charge < -0.3 is 9.47 Å². The number of hydrogen-bond donors (Lipinski definition) is 0. The molecule has 39 heavy (non-hydrogen) atoms. The summed E-state index contributed by atoms with van der Waals surface area (Å²) in [6, 6.07) is 24.4. The van der Waals surface area contributed by atoms with Gasteiger partial charge in [0.1, 0.15) is 5.75 Å². The van der Waals surface area contributed by atoms with Gasteiger partial charge in [0.25, 0.3) is 5.56 Å². The quantitative estimate of drug-likeness (QED) is 0.224. The van der Waals surface area contributed by atoms with E-state index in [2.05, 4.69) is 0 Å². The van der Waals surface area contributed by atoms with Gasteiger partial charge in [-0.1, -0.05) is 65.9 Å². The van der Waals surface area contributed by atoms with Gasteiger partial charge in [-0.15, -0.1) is 11.8 Å². The normalized spacial score (nSPS) is 15.1. The van der Waals surface area contributed by atoms with E-state index in [1.807, 2.05) is 98.1 Å². The Morgan fingerprint density at radius 1 is 1.03 bits per heavy atom. The van der Waals surface area contributed by atoms with E-state index >= 15 is 0 Å². The predicted octanol–water partition coefficient (Wildman–Crippen LogP) is 5.06. The molecule has 0 saturated carbocycles. The molecule has 198 valence electrons. The zero-order valence-corrected chi connectivity index (χ0v) is 23.6. The average Bonchev–Trinajstić information content (AvgIpc) is 3.27. The smallest absolute Gasteiger partial charge is 0.338 e. The molecule has 0 bridgehead atoms. The van der Waals surface area contributed by atoms with Crippen LogP contribution in [0.2, 0.25) is 0 Å². The molecule has 1 aliphatic heterocycles. The highest BCUT2D eigenvalue weighted by atomic mass is 32.2. The summed E-state index contributed by atoms with van der Waals surface area (Å²) in [6.45, 7) is 4.47. The van der Waals surface area contributed by atoms with Crippen molar-refractivity contribution in [2.24, 2.45) is 4.99 Å². The van der Waals surface area contributed by atoms with Crippen molar-refractivity contribution < 1.29 is 14.3 Å². The Morgan fingerprint density at radius 2 is 1.79 bits per heavy atom. The summed E-state index contributed by atoms with van der Waals surface area (Å²) in [5, 5.41) is 0. The maximum atomic E-state index is 14.0. The van der Waals surface area contributed by atoms with Gasteiger partial charge in [-0.25, -0.2) is 9.79 Å². The number of thioether (sulfide) groups is 1. The first-order valence-electron chi connectivity index (χ1n) is 12.7. The third kappa shape index (κ3) is 5.48. The van der Waals surface area contributed by atoms with E-state index in [0.29, 0.717) is 27.2 Å². The van der Waals surface area contributed by atoms with Crippen LogP contribution in [0.1, 0.15) is 36.6 Å². The van der Waals surface area contributed by atoms with Gasteiger partial charge in [0.2, 0.25) is 0 Å². The molecule has 5 rings (SSSR count). The number of benzene rings is 3. The highest BCUT2D eigenvalue weighted by Gasteiger charge is 2.35. The largest absolute Gasteiger partial charge is 0.494 e. The molecule has 0 saturated heterocycles. The fourth-order valence-corrected chi connectivity index (χ4v) is 5.96. The van der Waals surface area contributed by atoms with Crippen molar-refractivity contribution >= 4 is 40.8 Å². The van der Waals surface area contributed by atoms with Crippen LogP contribution >= 0.6 is 23.1 Å².